The molecule has 0 fully saturated rings. The molecule has 6 nitrogen and oxygen atoms in total. The van der Waals surface area contributed by atoms with E-state index < -0.39 is 20.7 Å². The molecule has 0 bridgehead atoms. The zero-order chi connectivity index (χ0) is 22.0. The number of hydrogen-bond acceptors (Lipinski definition) is 4. The summed E-state index contributed by atoms with van der Waals surface area (Å²) in [6, 6.07) is 17.6. The molecule has 160 valence electrons. The SMILES string of the molecule is COc1ccc(C(=O)N2CCc3ccc(CNS(=O)(=O)c4ccccc4F)cc32)cc1. The molecule has 1 aliphatic heterocycles. The fourth-order valence-corrected chi connectivity index (χ4v) is 4.65. The van der Waals surface area contributed by atoms with E-state index >= 15 is 0 Å². The number of rotatable bonds is 6. The Morgan fingerprint density at radius 3 is 2.55 bits per heavy atom. The number of methoxy groups -OCH3 is 1. The van der Waals surface area contributed by atoms with Crippen LogP contribution in [0, 0.1) is 5.82 Å². The van der Waals surface area contributed by atoms with Gasteiger partial charge in [-0.2, -0.15) is 0 Å². The first-order valence-electron chi connectivity index (χ1n) is 9.71. The molecule has 0 saturated heterocycles. The maximum Gasteiger partial charge on any atom is 0.258 e. The number of amides is 1. The molecule has 1 amide bonds. The summed E-state index contributed by atoms with van der Waals surface area (Å²) in [5.41, 5.74) is 2.98. The van der Waals surface area contributed by atoms with Gasteiger partial charge in [0.15, 0.2) is 0 Å². The number of nitrogens with one attached hydrogen (secondary N) is 1. The molecule has 0 radical (unpaired) electrons. The highest BCUT2D eigenvalue weighted by molar-refractivity contribution is 7.89. The number of benzene rings is 3. The number of anilines is 1. The highest BCUT2D eigenvalue weighted by Gasteiger charge is 2.26. The highest BCUT2D eigenvalue weighted by Crippen LogP contribution is 2.31. The van der Waals surface area contributed by atoms with Gasteiger partial charge in [-0.3, -0.25) is 4.79 Å². The number of fused-ring (bicyclic) bond motifs is 1. The molecule has 0 atom stereocenters. The van der Waals surface area contributed by atoms with Crippen molar-refractivity contribution < 1.29 is 22.3 Å². The molecule has 8 heteroatoms. The quantitative estimate of drug-likeness (QED) is 0.637. The van der Waals surface area contributed by atoms with Crippen LogP contribution in [-0.2, 0) is 23.0 Å². The molecule has 0 unspecified atom stereocenters. The summed E-state index contributed by atoms with van der Waals surface area (Å²) in [6.07, 6.45) is 0.721. The van der Waals surface area contributed by atoms with Crippen molar-refractivity contribution in [3.8, 4) is 5.75 Å². The van der Waals surface area contributed by atoms with Crippen LogP contribution in [0.15, 0.2) is 71.6 Å². The summed E-state index contributed by atoms with van der Waals surface area (Å²) in [7, 11) is -2.44. The maximum absolute atomic E-state index is 13.9. The molecule has 1 N–H and O–H groups in total. The van der Waals surface area contributed by atoms with Crippen molar-refractivity contribution in [3.63, 3.8) is 0 Å². The Morgan fingerprint density at radius 1 is 1.10 bits per heavy atom. The first-order valence-corrected chi connectivity index (χ1v) is 11.2. The molecular formula is C23H21FN2O4S. The molecule has 1 aliphatic rings. The summed E-state index contributed by atoms with van der Waals surface area (Å²) >= 11 is 0. The summed E-state index contributed by atoms with van der Waals surface area (Å²) in [5, 5.41) is 0. The van der Waals surface area contributed by atoms with Gasteiger partial charge in [0.05, 0.1) is 7.11 Å². The lowest BCUT2D eigenvalue weighted by Gasteiger charge is -2.18. The van der Waals surface area contributed by atoms with E-state index in [2.05, 4.69) is 4.72 Å². The summed E-state index contributed by atoms with van der Waals surface area (Å²) in [5.74, 6) is -0.270. The van der Waals surface area contributed by atoms with Gasteiger partial charge >= 0.3 is 0 Å². The van der Waals surface area contributed by atoms with Crippen LogP contribution in [0.2, 0.25) is 0 Å². The van der Waals surface area contributed by atoms with Crippen LogP contribution in [0.5, 0.6) is 5.75 Å². The van der Waals surface area contributed by atoms with Crippen LogP contribution in [0.3, 0.4) is 0 Å². The molecule has 4 rings (SSSR count). The van der Waals surface area contributed by atoms with Gasteiger partial charge in [-0.25, -0.2) is 17.5 Å². The minimum Gasteiger partial charge on any atom is -0.497 e. The summed E-state index contributed by atoms with van der Waals surface area (Å²) in [6.45, 7) is 0.527. The maximum atomic E-state index is 13.9. The zero-order valence-electron chi connectivity index (χ0n) is 16.8. The monoisotopic (exact) mass is 440 g/mol. The Bertz CT molecular complexity index is 1230. The molecule has 31 heavy (non-hydrogen) atoms. The van der Waals surface area contributed by atoms with E-state index in [0.717, 1.165) is 23.7 Å². The van der Waals surface area contributed by atoms with Gasteiger partial charge in [-0.15, -0.1) is 0 Å². The lowest BCUT2D eigenvalue weighted by atomic mass is 10.1. The van der Waals surface area contributed by atoms with Crippen LogP contribution < -0.4 is 14.4 Å². The van der Waals surface area contributed by atoms with E-state index in [-0.39, 0.29) is 12.5 Å². The molecule has 1 heterocycles. The van der Waals surface area contributed by atoms with E-state index in [1.165, 1.54) is 18.2 Å². The number of carbonyl (C=O) groups excluding carboxylic acids is 1. The van der Waals surface area contributed by atoms with Crippen molar-refractivity contribution in [3.05, 3.63) is 89.2 Å². The molecule has 0 spiro atoms. The predicted molar refractivity (Wildman–Crippen MR) is 115 cm³/mol. The fourth-order valence-electron chi connectivity index (χ4n) is 3.55. The van der Waals surface area contributed by atoms with Gasteiger partial charge < -0.3 is 9.64 Å². The number of nitrogens with zero attached hydrogens (tertiary/aromatic N) is 1. The lowest BCUT2D eigenvalue weighted by Crippen LogP contribution is -2.29. The van der Waals surface area contributed by atoms with Gasteiger partial charge in [0, 0.05) is 24.3 Å². The van der Waals surface area contributed by atoms with Crippen molar-refractivity contribution >= 4 is 21.6 Å². The molecular weight excluding hydrogens is 419 g/mol. The largest absolute Gasteiger partial charge is 0.497 e. The summed E-state index contributed by atoms with van der Waals surface area (Å²) in [4.78, 5) is 14.3. The van der Waals surface area contributed by atoms with E-state index in [9.17, 15) is 17.6 Å². The second kappa shape index (κ2) is 8.49. The van der Waals surface area contributed by atoms with E-state index in [4.69, 9.17) is 4.74 Å². The third-order valence-corrected chi connectivity index (χ3v) is 6.65. The fraction of sp³-hybridized carbons (Fsp3) is 0.174. The minimum absolute atomic E-state index is 0.0193. The van der Waals surface area contributed by atoms with Crippen molar-refractivity contribution in [2.45, 2.75) is 17.9 Å². The number of sulfonamides is 1. The van der Waals surface area contributed by atoms with E-state index in [1.54, 1.807) is 42.3 Å². The van der Waals surface area contributed by atoms with Crippen molar-refractivity contribution in [1.29, 1.82) is 0 Å². The van der Waals surface area contributed by atoms with Gasteiger partial charge in [0.25, 0.3) is 5.91 Å². The Hall–Kier alpha value is -3.23. The second-order valence-electron chi connectivity index (χ2n) is 7.15. The second-order valence-corrected chi connectivity index (χ2v) is 8.89. The average molecular weight is 440 g/mol. The standard InChI is InChI=1S/C23H21FN2O4S/c1-30-19-10-8-18(9-11-19)23(27)26-13-12-17-7-6-16(14-21(17)26)15-25-31(28,29)22-5-3-2-4-20(22)24/h2-11,14,25H,12-13,15H2,1H3. The van der Waals surface area contributed by atoms with Gasteiger partial charge in [0.1, 0.15) is 16.5 Å². The van der Waals surface area contributed by atoms with Crippen molar-refractivity contribution in [2.24, 2.45) is 0 Å². The summed E-state index contributed by atoms with van der Waals surface area (Å²) < 4.78 is 46.3. The highest BCUT2D eigenvalue weighted by atomic mass is 32.2. The minimum atomic E-state index is -4.00. The molecule has 0 saturated carbocycles. The molecule has 0 aliphatic carbocycles. The molecule has 3 aromatic carbocycles. The molecule has 3 aromatic rings. The van der Waals surface area contributed by atoms with Crippen LogP contribution >= 0.6 is 0 Å². The Morgan fingerprint density at radius 2 is 1.84 bits per heavy atom. The van der Waals surface area contributed by atoms with E-state index in [0.29, 0.717) is 23.4 Å². The third kappa shape index (κ3) is 4.30. The first kappa shape index (κ1) is 21.0. The van der Waals surface area contributed by atoms with Gasteiger partial charge in [-0.1, -0.05) is 24.3 Å². The number of hydrogen-bond donors (Lipinski definition) is 1. The molecule has 0 aromatic heterocycles. The van der Waals surface area contributed by atoms with Crippen LogP contribution in [0.25, 0.3) is 0 Å². The Balaban J connectivity index is 1.53. The predicted octanol–water partition coefficient (Wildman–Crippen LogP) is 3.52. The van der Waals surface area contributed by atoms with Crippen molar-refractivity contribution in [1.82, 2.24) is 4.72 Å². The normalized spacial score (nSPS) is 13.2. The van der Waals surface area contributed by atoms with Crippen LogP contribution in [-0.4, -0.2) is 28.0 Å². The lowest BCUT2D eigenvalue weighted by molar-refractivity contribution is 0.0989. The van der Waals surface area contributed by atoms with Gasteiger partial charge in [0.2, 0.25) is 10.0 Å². The Kier molecular flexibility index (Phi) is 5.75. The third-order valence-electron chi connectivity index (χ3n) is 5.22. The topological polar surface area (TPSA) is 75.7 Å². The number of carbonyl (C=O) groups is 1. The average Bonchev–Trinajstić information content (AvgIpc) is 3.21. The zero-order valence-corrected chi connectivity index (χ0v) is 17.7. The van der Waals surface area contributed by atoms with E-state index in [1.807, 2.05) is 12.1 Å². The van der Waals surface area contributed by atoms with Gasteiger partial charge in [-0.05, 0) is 60.0 Å². The smallest absolute Gasteiger partial charge is 0.258 e. The van der Waals surface area contributed by atoms with Crippen molar-refractivity contribution in [2.75, 3.05) is 18.6 Å². The Labute approximate surface area is 180 Å². The first-order chi connectivity index (χ1) is 14.9. The van der Waals surface area contributed by atoms with Crippen LogP contribution in [0.4, 0.5) is 10.1 Å². The number of halogens is 1. The number of ether oxygens (including phenoxy) is 1. The van der Waals surface area contributed by atoms with Crippen LogP contribution in [0.1, 0.15) is 21.5 Å².